The molecular weight excluding hydrogens is 394 g/mol. The van der Waals surface area contributed by atoms with Gasteiger partial charge < -0.3 is 10.4 Å². The quantitative estimate of drug-likeness (QED) is 0.497. The molecule has 0 saturated carbocycles. The molecule has 0 radical (unpaired) electrons. The Bertz CT molecular complexity index is 1280. The molecule has 31 heavy (non-hydrogen) atoms. The Morgan fingerprint density at radius 2 is 1.84 bits per heavy atom. The van der Waals surface area contributed by atoms with Crippen molar-refractivity contribution in [3.63, 3.8) is 0 Å². The highest BCUT2D eigenvalue weighted by Crippen LogP contribution is 2.24. The summed E-state index contributed by atoms with van der Waals surface area (Å²) in [5.74, 6) is -1.49. The van der Waals surface area contributed by atoms with Gasteiger partial charge in [-0.25, -0.2) is 9.48 Å². The van der Waals surface area contributed by atoms with Crippen molar-refractivity contribution in [2.24, 2.45) is 0 Å². The van der Waals surface area contributed by atoms with Gasteiger partial charge >= 0.3 is 5.97 Å². The molecule has 0 saturated heterocycles. The SMILES string of the molecule is Cc1nn(Cc2cccc3ccccc23)c(C)c1NC(=O)c1ccnn1C(C)C(=O)O. The fourth-order valence-corrected chi connectivity index (χ4v) is 3.71. The first kappa shape index (κ1) is 20.3. The molecule has 0 bridgehead atoms. The van der Waals surface area contributed by atoms with E-state index in [2.05, 4.69) is 39.8 Å². The second-order valence-corrected chi connectivity index (χ2v) is 7.47. The van der Waals surface area contributed by atoms with E-state index in [1.54, 1.807) is 0 Å². The number of carbonyl (C=O) groups is 2. The van der Waals surface area contributed by atoms with Crippen molar-refractivity contribution in [3.05, 3.63) is 77.4 Å². The fraction of sp³-hybridized carbons (Fsp3) is 0.217. The van der Waals surface area contributed by atoms with Crippen LogP contribution in [0.2, 0.25) is 0 Å². The first-order valence-corrected chi connectivity index (χ1v) is 9.95. The summed E-state index contributed by atoms with van der Waals surface area (Å²) in [6.45, 7) is 5.78. The zero-order valence-electron chi connectivity index (χ0n) is 17.5. The van der Waals surface area contributed by atoms with Crippen LogP contribution in [-0.2, 0) is 11.3 Å². The molecule has 0 aliphatic rings. The van der Waals surface area contributed by atoms with Gasteiger partial charge in [-0.05, 0) is 43.2 Å². The minimum Gasteiger partial charge on any atom is -0.480 e. The Morgan fingerprint density at radius 1 is 1.10 bits per heavy atom. The lowest BCUT2D eigenvalue weighted by Gasteiger charge is -2.12. The molecule has 0 aliphatic carbocycles. The van der Waals surface area contributed by atoms with E-state index in [4.69, 9.17) is 0 Å². The van der Waals surface area contributed by atoms with Crippen LogP contribution in [0.4, 0.5) is 5.69 Å². The van der Waals surface area contributed by atoms with Gasteiger partial charge in [0.05, 0.1) is 23.6 Å². The van der Waals surface area contributed by atoms with Crippen molar-refractivity contribution >= 4 is 28.3 Å². The summed E-state index contributed by atoms with van der Waals surface area (Å²) >= 11 is 0. The lowest BCUT2D eigenvalue weighted by atomic mass is 10.0. The van der Waals surface area contributed by atoms with Gasteiger partial charge in [0.25, 0.3) is 5.91 Å². The molecule has 0 fully saturated rings. The number of anilines is 1. The highest BCUT2D eigenvalue weighted by molar-refractivity contribution is 6.04. The third-order valence-corrected chi connectivity index (χ3v) is 5.45. The predicted octanol–water partition coefficient (Wildman–Crippen LogP) is 3.80. The topological polar surface area (TPSA) is 102 Å². The number of aliphatic carboxylic acids is 1. The maximum atomic E-state index is 12.9. The van der Waals surface area contributed by atoms with E-state index in [0.29, 0.717) is 17.9 Å². The first-order chi connectivity index (χ1) is 14.9. The Morgan fingerprint density at radius 3 is 2.61 bits per heavy atom. The Hall–Kier alpha value is -3.94. The maximum Gasteiger partial charge on any atom is 0.328 e. The summed E-state index contributed by atoms with van der Waals surface area (Å²) in [7, 11) is 0. The minimum atomic E-state index is -1.06. The lowest BCUT2D eigenvalue weighted by molar-refractivity contribution is -0.140. The Kier molecular flexibility index (Phi) is 5.29. The van der Waals surface area contributed by atoms with Crippen LogP contribution in [-0.4, -0.2) is 36.5 Å². The summed E-state index contributed by atoms with van der Waals surface area (Å²) < 4.78 is 3.06. The molecule has 8 nitrogen and oxygen atoms in total. The van der Waals surface area contributed by atoms with Gasteiger partial charge in [0.1, 0.15) is 11.7 Å². The van der Waals surface area contributed by atoms with Crippen molar-refractivity contribution in [2.45, 2.75) is 33.4 Å². The van der Waals surface area contributed by atoms with Gasteiger partial charge in [-0.2, -0.15) is 10.2 Å². The highest BCUT2D eigenvalue weighted by Gasteiger charge is 2.23. The van der Waals surface area contributed by atoms with Crippen LogP contribution < -0.4 is 5.32 Å². The maximum absolute atomic E-state index is 12.9. The molecule has 2 heterocycles. The predicted molar refractivity (Wildman–Crippen MR) is 117 cm³/mol. The Balaban J connectivity index is 1.61. The van der Waals surface area contributed by atoms with Crippen LogP contribution in [0, 0.1) is 13.8 Å². The minimum absolute atomic E-state index is 0.176. The van der Waals surface area contributed by atoms with Crippen molar-refractivity contribution in [1.82, 2.24) is 19.6 Å². The highest BCUT2D eigenvalue weighted by atomic mass is 16.4. The zero-order valence-corrected chi connectivity index (χ0v) is 17.5. The summed E-state index contributed by atoms with van der Waals surface area (Å²) in [6.07, 6.45) is 1.41. The Labute approximate surface area is 179 Å². The molecule has 158 valence electrons. The number of hydrogen-bond acceptors (Lipinski definition) is 4. The summed E-state index contributed by atoms with van der Waals surface area (Å²) in [5, 5.41) is 23.1. The number of hydrogen-bond donors (Lipinski definition) is 2. The molecule has 1 atom stereocenters. The number of aryl methyl sites for hydroxylation is 1. The second kappa shape index (κ2) is 8.06. The van der Waals surface area contributed by atoms with Gasteiger partial charge in [0.15, 0.2) is 0 Å². The molecular formula is C23H23N5O3. The largest absolute Gasteiger partial charge is 0.480 e. The van der Waals surface area contributed by atoms with Crippen LogP contribution in [0.3, 0.4) is 0 Å². The van der Waals surface area contributed by atoms with Gasteiger partial charge in [0.2, 0.25) is 0 Å². The van der Waals surface area contributed by atoms with Gasteiger partial charge in [-0.15, -0.1) is 0 Å². The number of amides is 1. The van der Waals surface area contributed by atoms with E-state index in [9.17, 15) is 14.7 Å². The van der Waals surface area contributed by atoms with Crippen molar-refractivity contribution in [3.8, 4) is 0 Å². The zero-order chi connectivity index (χ0) is 22.1. The number of aromatic nitrogens is 4. The number of benzene rings is 2. The smallest absolute Gasteiger partial charge is 0.328 e. The molecule has 1 amide bonds. The molecule has 2 aromatic heterocycles. The number of carboxylic acid groups (broad SMARTS) is 1. The van der Waals surface area contributed by atoms with E-state index >= 15 is 0 Å². The van der Waals surface area contributed by atoms with Crippen LogP contribution in [0.15, 0.2) is 54.7 Å². The van der Waals surface area contributed by atoms with E-state index in [0.717, 1.165) is 22.0 Å². The number of nitrogens with zero attached hydrogens (tertiary/aromatic N) is 4. The monoisotopic (exact) mass is 417 g/mol. The normalized spacial score (nSPS) is 12.1. The van der Waals surface area contributed by atoms with Crippen LogP contribution in [0.5, 0.6) is 0 Å². The molecule has 0 spiro atoms. The lowest BCUT2D eigenvalue weighted by Crippen LogP contribution is -2.24. The molecule has 0 aliphatic heterocycles. The number of carboxylic acids is 1. The number of rotatable bonds is 6. The second-order valence-electron chi connectivity index (χ2n) is 7.47. The van der Waals surface area contributed by atoms with E-state index < -0.39 is 17.9 Å². The average Bonchev–Trinajstić information content (AvgIpc) is 3.34. The molecule has 8 heteroatoms. The molecule has 1 unspecified atom stereocenters. The molecule has 4 aromatic rings. The van der Waals surface area contributed by atoms with Crippen molar-refractivity contribution in [1.29, 1.82) is 0 Å². The van der Waals surface area contributed by atoms with Crippen molar-refractivity contribution < 1.29 is 14.7 Å². The number of carbonyl (C=O) groups excluding carboxylic acids is 1. The van der Waals surface area contributed by atoms with E-state index in [-0.39, 0.29) is 5.69 Å². The number of fused-ring (bicyclic) bond motifs is 1. The molecule has 4 rings (SSSR count). The standard InChI is InChI=1S/C23H23N5O3/c1-14-21(25-22(29)20-11-12-24-28(20)16(3)23(30)31)15(2)27(26-14)13-18-9-6-8-17-7-4-5-10-19(17)18/h4-12,16H,13H2,1-3H3,(H,25,29)(H,30,31). The molecule has 2 N–H and O–H groups in total. The van der Waals surface area contributed by atoms with Gasteiger partial charge in [0, 0.05) is 6.20 Å². The number of nitrogens with one attached hydrogen (secondary N) is 1. The molecule has 2 aromatic carbocycles. The van der Waals surface area contributed by atoms with Gasteiger partial charge in [-0.1, -0.05) is 42.5 Å². The first-order valence-electron chi connectivity index (χ1n) is 9.95. The van der Waals surface area contributed by atoms with E-state index in [1.165, 1.54) is 23.9 Å². The summed E-state index contributed by atoms with van der Waals surface area (Å²) in [4.78, 5) is 24.2. The third-order valence-electron chi connectivity index (χ3n) is 5.45. The van der Waals surface area contributed by atoms with Crippen LogP contribution in [0.1, 0.15) is 40.4 Å². The van der Waals surface area contributed by atoms with Crippen LogP contribution in [0.25, 0.3) is 10.8 Å². The third kappa shape index (κ3) is 3.79. The van der Waals surface area contributed by atoms with Crippen molar-refractivity contribution in [2.75, 3.05) is 5.32 Å². The van der Waals surface area contributed by atoms with Crippen LogP contribution >= 0.6 is 0 Å². The fourth-order valence-electron chi connectivity index (χ4n) is 3.71. The van der Waals surface area contributed by atoms with Gasteiger partial charge in [-0.3, -0.25) is 9.48 Å². The summed E-state index contributed by atoms with van der Waals surface area (Å²) in [6, 6.07) is 14.9. The van der Waals surface area contributed by atoms with E-state index in [1.807, 2.05) is 36.7 Å². The summed E-state index contributed by atoms with van der Waals surface area (Å²) in [5.41, 5.74) is 3.42. The average molecular weight is 417 g/mol.